The van der Waals surface area contributed by atoms with Crippen molar-refractivity contribution in [3.63, 3.8) is 0 Å². The van der Waals surface area contributed by atoms with Crippen LogP contribution in [0.4, 0.5) is 0 Å². The van der Waals surface area contributed by atoms with E-state index in [1.807, 2.05) is 0 Å². The minimum absolute atomic E-state index is 0.363. The molecule has 1 N–H and O–H groups in total. The van der Waals surface area contributed by atoms with E-state index in [2.05, 4.69) is 13.8 Å². The van der Waals surface area contributed by atoms with Gasteiger partial charge in [0.05, 0.1) is 0 Å². The molecule has 0 aromatic carbocycles. The third-order valence-electron chi connectivity index (χ3n) is 3.66. The first-order valence-corrected chi connectivity index (χ1v) is 7.92. The van der Waals surface area contributed by atoms with Crippen LogP contribution >= 0.6 is 0 Å². The summed E-state index contributed by atoms with van der Waals surface area (Å²) in [5.74, 6) is 0.812. The topological polar surface area (TPSA) is 20.2 Å². The predicted molar refractivity (Wildman–Crippen MR) is 77.3 cm³/mol. The van der Waals surface area contributed by atoms with Gasteiger partial charge in [-0.05, 0) is 18.8 Å². The Balaban J connectivity index is 3.02. The molecule has 0 aromatic rings. The van der Waals surface area contributed by atoms with Gasteiger partial charge in [0.2, 0.25) is 0 Å². The van der Waals surface area contributed by atoms with Crippen LogP contribution in [-0.4, -0.2) is 11.7 Å². The molecule has 0 spiro atoms. The standard InChI is InChI=1S/C16H34O/c1-3-4-5-6-7-8-9-10-11-13-16(2)14-12-15-17/h16-17H,3-15H2,1-2H3/t16-/m0/s1. The van der Waals surface area contributed by atoms with Gasteiger partial charge in [0.1, 0.15) is 0 Å². The Morgan fingerprint density at radius 2 is 1.18 bits per heavy atom. The SMILES string of the molecule is CCCCCCCCCCC[C@H](C)CCCO. The van der Waals surface area contributed by atoms with Crippen molar-refractivity contribution in [2.24, 2.45) is 5.92 Å². The van der Waals surface area contributed by atoms with E-state index in [0.29, 0.717) is 6.61 Å². The molecule has 0 saturated heterocycles. The van der Waals surface area contributed by atoms with Crippen LogP contribution in [0.3, 0.4) is 0 Å². The molecule has 0 unspecified atom stereocenters. The van der Waals surface area contributed by atoms with Crippen LogP contribution in [0.5, 0.6) is 0 Å². The number of hydrogen-bond donors (Lipinski definition) is 1. The van der Waals surface area contributed by atoms with Crippen LogP contribution in [0.15, 0.2) is 0 Å². The molecule has 1 nitrogen and oxygen atoms in total. The molecule has 0 aliphatic rings. The van der Waals surface area contributed by atoms with Crippen LogP contribution < -0.4 is 0 Å². The quantitative estimate of drug-likeness (QED) is 0.434. The Labute approximate surface area is 109 Å². The lowest BCUT2D eigenvalue weighted by Crippen LogP contribution is -1.96. The lowest BCUT2D eigenvalue weighted by atomic mass is 9.97. The zero-order chi connectivity index (χ0) is 12.8. The summed E-state index contributed by atoms with van der Waals surface area (Å²) < 4.78 is 0. The van der Waals surface area contributed by atoms with Gasteiger partial charge in [0.25, 0.3) is 0 Å². The Hall–Kier alpha value is -0.0400. The molecule has 0 aromatic heterocycles. The van der Waals surface area contributed by atoms with Gasteiger partial charge in [0, 0.05) is 6.61 Å². The Bertz CT molecular complexity index is 133. The second kappa shape index (κ2) is 14.0. The highest BCUT2D eigenvalue weighted by Gasteiger charge is 2.01. The number of aliphatic hydroxyl groups excluding tert-OH is 1. The molecule has 0 fully saturated rings. The first-order chi connectivity index (χ1) is 8.31. The van der Waals surface area contributed by atoms with Crippen molar-refractivity contribution in [2.75, 3.05) is 6.61 Å². The summed E-state index contributed by atoms with van der Waals surface area (Å²) in [5.41, 5.74) is 0. The zero-order valence-corrected chi connectivity index (χ0v) is 12.2. The van der Waals surface area contributed by atoms with E-state index in [4.69, 9.17) is 5.11 Å². The smallest absolute Gasteiger partial charge is 0.0431 e. The number of aliphatic hydroxyl groups is 1. The minimum Gasteiger partial charge on any atom is -0.396 e. The maximum absolute atomic E-state index is 8.75. The third kappa shape index (κ3) is 13.9. The van der Waals surface area contributed by atoms with Crippen molar-refractivity contribution in [1.82, 2.24) is 0 Å². The molecule has 0 heterocycles. The van der Waals surface area contributed by atoms with Gasteiger partial charge in [-0.15, -0.1) is 0 Å². The lowest BCUT2D eigenvalue weighted by Gasteiger charge is -2.09. The van der Waals surface area contributed by atoms with Gasteiger partial charge in [-0.1, -0.05) is 78.1 Å². The maximum atomic E-state index is 8.75. The highest BCUT2D eigenvalue weighted by molar-refractivity contribution is 4.54. The number of hydrogen-bond acceptors (Lipinski definition) is 1. The molecule has 0 rings (SSSR count). The fourth-order valence-electron chi connectivity index (χ4n) is 2.39. The van der Waals surface area contributed by atoms with Gasteiger partial charge < -0.3 is 5.11 Å². The molecule has 0 aliphatic carbocycles. The molecular formula is C16H34O. The van der Waals surface area contributed by atoms with Crippen molar-refractivity contribution in [3.05, 3.63) is 0 Å². The number of rotatable bonds is 13. The average molecular weight is 242 g/mol. The number of unbranched alkanes of at least 4 members (excludes halogenated alkanes) is 8. The zero-order valence-electron chi connectivity index (χ0n) is 12.2. The second-order valence-corrected chi connectivity index (χ2v) is 5.59. The molecule has 0 saturated carbocycles. The van der Waals surface area contributed by atoms with Crippen molar-refractivity contribution >= 4 is 0 Å². The third-order valence-corrected chi connectivity index (χ3v) is 3.66. The summed E-state index contributed by atoms with van der Waals surface area (Å²) in [6.45, 7) is 4.96. The van der Waals surface area contributed by atoms with Gasteiger partial charge in [-0.2, -0.15) is 0 Å². The summed E-state index contributed by atoms with van der Waals surface area (Å²) in [4.78, 5) is 0. The first-order valence-electron chi connectivity index (χ1n) is 7.92. The first kappa shape index (κ1) is 17.0. The molecule has 1 heteroatoms. The van der Waals surface area contributed by atoms with E-state index in [-0.39, 0.29) is 0 Å². The summed E-state index contributed by atoms with van der Waals surface area (Å²) >= 11 is 0. The van der Waals surface area contributed by atoms with Gasteiger partial charge in [-0.25, -0.2) is 0 Å². The molecule has 0 aliphatic heterocycles. The molecule has 104 valence electrons. The summed E-state index contributed by atoms with van der Waals surface area (Å²) in [6, 6.07) is 0. The Kier molecular flexibility index (Phi) is 14.0. The van der Waals surface area contributed by atoms with Crippen LogP contribution in [0, 0.1) is 5.92 Å². The predicted octanol–water partition coefficient (Wildman–Crippen LogP) is 5.32. The lowest BCUT2D eigenvalue weighted by molar-refractivity contribution is 0.270. The molecule has 0 bridgehead atoms. The van der Waals surface area contributed by atoms with Gasteiger partial charge in [0.15, 0.2) is 0 Å². The van der Waals surface area contributed by atoms with Crippen LogP contribution in [0.25, 0.3) is 0 Å². The fourth-order valence-corrected chi connectivity index (χ4v) is 2.39. The summed E-state index contributed by atoms with van der Waals surface area (Å²) in [6.07, 6.45) is 16.3. The molecule has 1 atom stereocenters. The van der Waals surface area contributed by atoms with E-state index >= 15 is 0 Å². The van der Waals surface area contributed by atoms with Crippen molar-refractivity contribution in [1.29, 1.82) is 0 Å². The van der Waals surface area contributed by atoms with Crippen LogP contribution in [-0.2, 0) is 0 Å². The highest BCUT2D eigenvalue weighted by atomic mass is 16.2. The summed E-state index contributed by atoms with van der Waals surface area (Å²) in [5, 5.41) is 8.75. The Morgan fingerprint density at radius 3 is 1.71 bits per heavy atom. The van der Waals surface area contributed by atoms with Gasteiger partial charge >= 0.3 is 0 Å². The monoisotopic (exact) mass is 242 g/mol. The largest absolute Gasteiger partial charge is 0.396 e. The second-order valence-electron chi connectivity index (χ2n) is 5.59. The van der Waals surface area contributed by atoms with Crippen LogP contribution in [0.2, 0.25) is 0 Å². The molecular weight excluding hydrogens is 208 g/mol. The maximum Gasteiger partial charge on any atom is 0.0431 e. The van der Waals surface area contributed by atoms with Gasteiger partial charge in [-0.3, -0.25) is 0 Å². The van der Waals surface area contributed by atoms with E-state index in [1.54, 1.807) is 0 Å². The minimum atomic E-state index is 0.363. The molecule has 0 amide bonds. The van der Waals surface area contributed by atoms with Crippen molar-refractivity contribution in [3.8, 4) is 0 Å². The fraction of sp³-hybridized carbons (Fsp3) is 1.00. The van der Waals surface area contributed by atoms with E-state index in [1.165, 1.54) is 70.6 Å². The normalized spacial score (nSPS) is 12.9. The average Bonchev–Trinajstić information content (AvgIpc) is 2.34. The van der Waals surface area contributed by atoms with E-state index in [9.17, 15) is 0 Å². The van der Waals surface area contributed by atoms with Crippen LogP contribution in [0.1, 0.15) is 90.9 Å². The summed E-state index contributed by atoms with van der Waals surface area (Å²) in [7, 11) is 0. The van der Waals surface area contributed by atoms with Crippen molar-refractivity contribution in [2.45, 2.75) is 90.9 Å². The Morgan fingerprint density at radius 1 is 0.706 bits per heavy atom. The highest BCUT2D eigenvalue weighted by Crippen LogP contribution is 2.16. The van der Waals surface area contributed by atoms with E-state index < -0.39 is 0 Å². The molecule has 0 radical (unpaired) electrons. The van der Waals surface area contributed by atoms with Crippen molar-refractivity contribution < 1.29 is 5.11 Å². The van der Waals surface area contributed by atoms with E-state index in [0.717, 1.165) is 12.3 Å². The molecule has 17 heavy (non-hydrogen) atoms.